The smallest absolute Gasteiger partial charge is 0.249 e. The Morgan fingerprint density at radius 2 is 1.72 bits per heavy atom. The molecule has 3 fully saturated rings. The predicted octanol–water partition coefficient (Wildman–Crippen LogP) is 7.42. The molecule has 3 amide bonds. The number of nitrogens with one attached hydrogen (secondary N) is 4. The quantitative estimate of drug-likeness (QED) is 0.0665. The van der Waals surface area contributed by atoms with Gasteiger partial charge in [-0.2, -0.15) is 10.1 Å². The predicted molar refractivity (Wildman–Crippen MR) is 268 cm³/mol. The van der Waals surface area contributed by atoms with Gasteiger partial charge in [-0.05, 0) is 108 Å². The van der Waals surface area contributed by atoms with Crippen molar-refractivity contribution >= 4 is 91.4 Å². The molecule has 19 heteroatoms. The SMILES string of the molecule is COc1cc(N2CCN(C(=O)CN3CCC(c4ccc(NC5CCC(=O)NC5=O)cc4F)CC3)CC2)c(-c2cnn(C)c2)cc1Nc1ncc(Br)c(Nc2ccc3ccccc3c2P(C)(C)=O)n1. The summed E-state index contributed by atoms with van der Waals surface area (Å²) in [6.45, 7) is 7.49. The lowest BCUT2D eigenvalue weighted by atomic mass is 9.89. The van der Waals surface area contributed by atoms with Gasteiger partial charge in [0.1, 0.15) is 30.6 Å². The number of carbonyl (C=O) groups is 3. The summed E-state index contributed by atoms with van der Waals surface area (Å²) in [5, 5.41) is 19.3. The number of piperidine rings is 2. The highest BCUT2D eigenvalue weighted by atomic mass is 79.9. The summed E-state index contributed by atoms with van der Waals surface area (Å²) in [6.07, 6.45) is 7.50. The van der Waals surface area contributed by atoms with Gasteiger partial charge in [-0.3, -0.25) is 29.3 Å². The Morgan fingerprint density at radius 1 is 0.941 bits per heavy atom. The number of nitrogens with zero attached hydrogens (tertiary/aromatic N) is 7. The first-order chi connectivity index (χ1) is 32.7. The molecule has 3 aliphatic heterocycles. The van der Waals surface area contributed by atoms with Crippen LogP contribution >= 0.6 is 23.1 Å². The van der Waals surface area contributed by atoms with Crippen LogP contribution in [0.25, 0.3) is 21.9 Å². The second kappa shape index (κ2) is 19.7. The van der Waals surface area contributed by atoms with E-state index in [-0.39, 0.29) is 30.0 Å². The van der Waals surface area contributed by atoms with Gasteiger partial charge in [0.25, 0.3) is 0 Å². The molecule has 1 atom stereocenters. The van der Waals surface area contributed by atoms with E-state index in [1.165, 1.54) is 6.07 Å². The highest BCUT2D eigenvalue weighted by Crippen LogP contribution is 2.43. The maximum absolute atomic E-state index is 15.4. The third-order valence-corrected chi connectivity index (χ3v) is 15.1. The van der Waals surface area contributed by atoms with Gasteiger partial charge in [0.2, 0.25) is 23.7 Å². The number of anilines is 6. The highest BCUT2D eigenvalue weighted by molar-refractivity contribution is 9.10. The van der Waals surface area contributed by atoms with Crippen molar-refractivity contribution in [1.29, 1.82) is 0 Å². The Kier molecular flexibility index (Phi) is 13.5. The van der Waals surface area contributed by atoms with Gasteiger partial charge in [0.15, 0.2) is 0 Å². The maximum atomic E-state index is 15.4. The molecule has 0 aliphatic carbocycles. The zero-order chi connectivity index (χ0) is 47.7. The van der Waals surface area contributed by atoms with E-state index in [0.29, 0.717) is 96.8 Å². The molecule has 6 aromatic rings. The van der Waals surface area contributed by atoms with E-state index in [4.69, 9.17) is 9.72 Å². The van der Waals surface area contributed by atoms with Gasteiger partial charge >= 0.3 is 0 Å². The second-order valence-electron chi connectivity index (χ2n) is 17.9. The minimum atomic E-state index is -2.72. The van der Waals surface area contributed by atoms with Crippen LogP contribution < -0.4 is 36.2 Å². The molecule has 16 nitrogen and oxygen atoms in total. The molecule has 68 heavy (non-hydrogen) atoms. The summed E-state index contributed by atoms with van der Waals surface area (Å²) < 4.78 is 37.4. The molecule has 0 spiro atoms. The fourth-order valence-electron chi connectivity index (χ4n) is 9.46. The minimum Gasteiger partial charge on any atom is -0.494 e. The highest BCUT2D eigenvalue weighted by Gasteiger charge is 2.30. The summed E-state index contributed by atoms with van der Waals surface area (Å²) in [4.78, 5) is 53.2. The number of aromatic nitrogens is 4. The fourth-order valence-corrected chi connectivity index (χ4v) is 11.2. The lowest BCUT2D eigenvalue weighted by Crippen LogP contribution is -2.52. The average Bonchev–Trinajstić information content (AvgIpc) is 3.76. The number of fused-ring (bicyclic) bond motifs is 1. The number of benzene rings is 4. The minimum absolute atomic E-state index is 0.0211. The molecule has 0 bridgehead atoms. The van der Waals surface area contributed by atoms with Crippen molar-refractivity contribution in [1.82, 2.24) is 34.9 Å². The standard InChI is InChI=1S/C49H54BrFN11O5P/c1-59-28-32(26-53-59)36-24-41(56-49-52-27-37(50)47(58-49)55-39-12-9-30-7-5-6-8-35(30)46(39)68(3,4)66)43(67-2)25-42(36)61-19-21-62(22-20-61)45(64)29-60-17-15-31(16-18-60)34-11-10-33(23-38(34)51)54-40-13-14-44(63)57-48(40)65/h5-12,23-28,31,40,54H,13-22,29H2,1-4H3,(H,57,63,65)(H2,52,55,56,58). The number of hydrogen-bond acceptors (Lipinski definition) is 13. The van der Waals surface area contributed by atoms with E-state index >= 15 is 4.39 Å². The molecule has 1 unspecified atom stereocenters. The third-order valence-electron chi connectivity index (χ3n) is 13.0. The van der Waals surface area contributed by atoms with Crippen molar-refractivity contribution in [2.45, 2.75) is 37.6 Å². The van der Waals surface area contributed by atoms with Gasteiger partial charge in [-0.15, -0.1) is 0 Å². The Bertz CT molecular complexity index is 2950. The van der Waals surface area contributed by atoms with Crippen molar-refractivity contribution in [3.8, 4) is 16.9 Å². The number of rotatable bonds is 13. The van der Waals surface area contributed by atoms with Crippen LogP contribution in [-0.4, -0.2) is 120 Å². The number of hydrogen-bond donors (Lipinski definition) is 4. The molecular weight excluding hydrogens is 952 g/mol. The number of ether oxygens (including phenoxy) is 1. The Morgan fingerprint density at radius 3 is 2.43 bits per heavy atom. The number of aryl methyl sites for hydroxylation is 1. The normalized spacial score (nSPS) is 17.3. The summed E-state index contributed by atoms with van der Waals surface area (Å²) in [5.74, 6) is 0.451. The topological polar surface area (TPSA) is 179 Å². The Balaban J connectivity index is 0.848. The largest absolute Gasteiger partial charge is 0.494 e. The Hall–Kier alpha value is -6.36. The van der Waals surface area contributed by atoms with Crippen LogP contribution in [-0.2, 0) is 26.0 Å². The molecule has 0 radical (unpaired) electrons. The number of halogens is 2. The monoisotopic (exact) mass is 1010 g/mol. The molecule has 4 N–H and O–H groups in total. The van der Waals surface area contributed by atoms with Crippen LogP contribution in [0.2, 0.25) is 0 Å². The van der Waals surface area contributed by atoms with Gasteiger partial charge in [-0.25, -0.2) is 9.37 Å². The molecular formula is C49H54BrFN11O5P. The Labute approximate surface area is 402 Å². The third kappa shape index (κ3) is 10.2. The van der Waals surface area contributed by atoms with Gasteiger partial charge in [0.05, 0.1) is 35.7 Å². The number of methoxy groups -OCH3 is 1. The molecule has 354 valence electrons. The number of imide groups is 1. The summed E-state index contributed by atoms with van der Waals surface area (Å²) in [5.41, 5.74) is 5.23. The van der Waals surface area contributed by atoms with Gasteiger partial charge < -0.3 is 35.1 Å². The molecule has 4 aromatic carbocycles. The van der Waals surface area contributed by atoms with Crippen molar-refractivity contribution in [3.63, 3.8) is 0 Å². The van der Waals surface area contributed by atoms with E-state index in [9.17, 15) is 18.9 Å². The zero-order valence-electron chi connectivity index (χ0n) is 38.4. The van der Waals surface area contributed by atoms with Crippen LogP contribution in [0.15, 0.2) is 89.8 Å². The van der Waals surface area contributed by atoms with Crippen LogP contribution in [0, 0.1) is 5.82 Å². The molecule has 5 heterocycles. The van der Waals surface area contributed by atoms with Gasteiger partial charge in [0, 0.05) is 85.9 Å². The van der Waals surface area contributed by atoms with E-state index in [1.807, 2.05) is 72.9 Å². The number of piperazine rings is 1. The fraction of sp³-hybridized carbons (Fsp3) is 0.347. The molecule has 2 aromatic heterocycles. The lowest BCUT2D eigenvalue weighted by molar-refractivity contribution is -0.134. The summed E-state index contributed by atoms with van der Waals surface area (Å²) >= 11 is 3.61. The van der Waals surface area contributed by atoms with E-state index in [1.54, 1.807) is 43.5 Å². The first-order valence-corrected chi connectivity index (χ1v) is 26.1. The molecule has 3 aliphatic rings. The second-order valence-corrected chi connectivity index (χ2v) is 22.0. The van der Waals surface area contributed by atoms with E-state index in [2.05, 4.69) is 57.1 Å². The van der Waals surface area contributed by atoms with Gasteiger partial charge in [-0.1, -0.05) is 36.4 Å². The van der Waals surface area contributed by atoms with Crippen LogP contribution in [0.1, 0.15) is 37.2 Å². The number of amides is 3. The van der Waals surface area contributed by atoms with Crippen LogP contribution in [0.3, 0.4) is 0 Å². The number of likely N-dealkylation sites (tertiary alicyclic amines) is 1. The summed E-state index contributed by atoms with van der Waals surface area (Å²) in [7, 11) is 0.770. The molecule has 0 saturated carbocycles. The molecule has 9 rings (SSSR count). The zero-order valence-corrected chi connectivity index (χ0v) is 40.9. The van der Waals surface area contributed by atoms with Crippen LogP contribution in [0.4, 0.5) is 38.9 Å². The maximum Gasteiger partial charge on any atom is 0.249 e. The van der Waals surface area contributed by atoms with Crippen molar-refractivity contribution in [3.05, 3.63) is 101 Å². The first-order valence-electron chi connectivity index (χ1n) is 22.7. The van der Waals surface area contributed by atoms with Crippen molar-refractivity contribution in [2.24, 2.45) is 7.05 Å². The first kappa shape index (κ1) is 46.7. The van der Waals surface area contributed by atoms with E-state index in [0.717, 1.165) is 45.7 Å². The van der Waals surface area contributed by atoms with E-state index < -0.39 is 19.1 Å². The number of carbonyl (C=O) groups excluding carboxylic acids is 3. The van der Waals surface area contributed by atoms with Crippen molar-refractivity contribution in [2.75, 3.05) is 87.1 Å². The van der Waals surface area contributed by atoms with Crippen molar-refractivity contribution < 1.29 is 28.1 Å². The van der Waals surface area contributed by atoms with Crippen LogP contribution in [0.5, 0.6) is 5.75 Å². The summed E-state index contributed by atoms with van der Waals surface area (Å²) in [6, 6.07) is 20.3. The molecule has 3 saturated heterocycles. The lowest BCUT2D eigenvalue weighted by Gasteiger charge is -2.39. The average molecular weight is 1010 g/mol.